The van der Waals surface area contributed by atoms with E-state index in [9.17, 15) is 4.79 Å². The standard InChI is InChI=1S/C15H15NO3/c1-11(15(17)16-18)12-6-5-9-14(10-12)19-13-7-3-2-4-8-13/h2-11,18H,1H3,(H,16,17). The number of hydrogen-bond donors (Lipinski definition) is 2. The maximum absolute atomic E-state index is 11.4. The molecule has 0 aliphatic heterocycles. The normalized spacial score (nSPS) is 11.7. The molecule has 2 aromatic rings. The third-order valence-electron chi connectivity index (χ3n) is 2.84. The van der Waals surface area contributed by atoms with Crippen LogP contribution >= 0.6 is 0 Å². The number of rotatable bonds is 4. The van der Waals surface area contributed by atoms with E-state index < -0.39 is 11.8 Å². The van der Waals surface area contributed by atoms with Crippen LogP contribution in [0.5, 0.6) is 11.5 Å². The molecule has 0 radical (unpaired) electrons. The fourth-order valence-corrected chi connectivity index (χ4v) is 1.72. The van der Waals surface area contributed by atoms with E-state index in [1.807, 2.05) is 48.5 Å². The van der Waals surface area contributed by atoms with Gasteiger partial charge in [-0.15, -0.1) is 0 Å². The summed E-state index contributed by atoms with van der Waals surface area (Å²) in [6.45, 7) is 1.72. The molecule has 0 bridgehead atoms. The lowest BCUT2D eigenvalue weighted by Gasteiger charge is -2.11. The van der Waals surface area contributed by atoms with Gasteiger partial charge in [-0.1, -0.05) is 30.3 Å². The Morgan fingerprint density at radius 2 is 1.79 bits per heavy atom. The lowest BCUT2D eigenvalue weighted by atomic mass is 10.0. The highest BCUT2D eigenvalue weighted by Crippen LogP contribution is 2.25. The Morgan fingerprint density at radius 3 is 2.47 bits per heavy atom. The number of hydroxylamine groups is 1. The van der Waals surface area contributed by atoms with Gasteiger partial charge in [-0.05, 0) is 36.8 Å². The highest BCUT2D eigenvalue weighted by atomic mass is 16.5. The number of hydrogen-bond acceptors (Lipinski definition) is 3. The van der Waals surface area contributed by atoms with Gasteiger partial charge in [-0.2, -0.15) is 0 Å². The van der Waals surface area contributed by atoms with Gasteiger partial charge in [0.15, 0.2) is 0 Å². The monoisotopic (exact) mass is 257 g/mol. The van der Waals surface area contributed by atoms with Crippen LogP contribution in [0, 0.1) is 0 Å². The fourth-order valence-electron chi connectivity index (χ4n) is 1.72. The summed E-state index contributed by atoms with van der Waals surface area (Å²) in [4.78, 5) is 11.4. The molecule has 0 aromatic heterocycles. The van der Waals surface area contributed by atoms with E-state index in [-0.39, 0.29) is 0 Å². The van der Waals surface area contributed by atoms with Gasteiger partial charge in [0, 0.05) is 0 Å². The molecule has 0 heterocycles. The van der Waals surface area contributed by atoms with Crippen molar-refractivity contribution in [2.45, 2.75) is 12.8 Å². The predicted molar refractivity (Wildman–Crippen MR) is 71.3 cm³/mol. The topological polar surface area (TPSA) is 58.6 Å². The van der Waals surface area contributed by atoms with Crippen molar-refractivity contribution in [2.24, 2.45) is 0 Å². The summed E-state index contributed by atoms with van der Waals surface area (Å²) in [5.41, 5.74) is 2.43. The maximum atomic E-state index is 11.4. The third-order valence-corrected chi connectivity index (χ3v) is 2.84. The van der Waals surface area contributed by atoms with Gasteiger partial charge >= 0.3 is 0 Å². The second kappa shape index (κ2) is 6.02. The average Bonchev–Trinajstić information content (AvgIpc) is 2.47. The molecule has 0 saturated heterocycles. The lowest BCUT2D eigenvalue weighted by Crippen LogP contribution is -2.24. The Bertz CT molecular complexity index is 554. The van der Waals surface area contributed by atoms with Crippen molar-refractivity contribution in [1.82, 2.24) is 5.48 Å². The molecule has 1 amide bonds. The first-order chi connectivity index (χ1) is 9.20. The van der Waals surface area contributed by atoms with Crippen molar-refractivity contribution in [1.29, 1.82) is 0 Å². The SMILES string of the molecule is CC(C(=O)NO)c1cccc(Oc2ccccc2)c1. The zero-order chi connectivity index (χ0) is 13.7. The molecule has 1 unspecified atom stereocenters. The Kier molecular flexibility index (Phi) is 4.15. The van der Waals surface area contributed by atoms with Crippen molar-refractivity contribution in [3.8, 4) is 11.5 Å². The Balaban J connectivity index is 2.18. The predicted octanol–water partition coefficient (Wildman–Crippen LogP) is 3.09. The summed E-state index contributed by atoms with van der Waals surface area (Å²) in [7, 11) is 0. The molecule has 1 atom stereocenters. The Hall–Kier alpha value is -2.33. The molecule has 4 nitrogen and oxygen atoms in total. The van der Waals surface area contributed by atoms with Gasteiger partial charge in [-0.3, -0.25) is 10.0 Å². The molecule has 4 heteroatoms. The molecular formula is C15H15NO3. The van der Waals surface area contributed by atoms with Gasteiger partial charge in [0.05, 0.1) is 5.92 Å². The van der Waals surface area contributed by atoms with Gasteiger partial charge in [0.2, 0.25) is 0 Å². The quantitative estimate of drug-likeness (QED) is 0.653. The van der Waals surface area contributed by atoms with Gasteiger partial charge in [-0.25, -0.2) is 5.48 Å². The summed E-state index contributed by atoms with van der Waals surface area (Å²) >= 11 is 0. The molecule has 0 aliphatic rings. The summed E-state index contributed by atoms with van der Waals surface area (Å²) < 4.78 is 5.69. The molecule has 0 fully saturated rings. The number of ether oxygens (including phenoxy) is 1. The van der Waals surface area contributed by atoms with Crippen LogP contribution in [0.3, 0.4) is 0 Å². The first-order valence-electron chi connectivity index (χ1n) is 5.97. The van der Waals surface area contributed by atoms with Crippen molar-refractivity contribution in [3.63, 3.8) is 0 Å². The lowest BCUT2D eigenvalue weighted by molar-refractivity contribution is -0.130. The number of carbonyl (C=O) groups excluding carboxylic acids is 1. The largest absolute Gasteiger partial charge is 0.457 e. The third kappa shape index (κ3) is 3.33. The van der Waals surface area contributed by atoms with Gasteiger partial charge in [0.25, 0.3) is 5.91 Å². The van der Waals surface area contributed by atoms with Crippen molar-refractivity contribution < 1.29 is 14.7 Å². The molecule has 0 spiro atoms. The van der Waals surface area contributed by atoms with Crippen molar-refractivity contribution >= 4 is 5.91 Å². The van der Waals surface area contributed by atoms with Gasteiger partial charge in [0.1, 0.15) is 11.5 Å². The summed E-state index contributed by atoms with van der Waals surface area (Å²) in [6, 6.07) is 16.6. The second-order valence-electron chi connectivity index (χ2n) is 4.19. The maximum Gasteiger partial charge on any atom is 0.250 e. The minimum absolute atomic E-state index is 0.440. The van der Waals surface area contributed by atoms with Crippen LogP contribution < -0.4 is 10.2 Å². The smallest absolute Gasteiger partial charge is 0.250 e. The fraction of sp³-hybridized carbons (Fsp3) is 0.133. The van der Waals surface area contributed by atoms with Crippen LogP contribution in [0.4, 0.5) is 0 Å². The van der Waals surface area contributed by atoms with E-state index in [1.54, 1.807) is 18.5 Å². The highest BCUT2D eigenvalue weighted by Gasteiger charge is 2.14. The minimum atomic E-state index is -0.447. The van der Waals surface area contributed by atoms with Gasteiger partial charge < -0.3 is 4.74 Å². The summed E-state index contributed by atoms with van der Waals surface area (Å²) in [6.07, 6.45) is 0. The van der Waals surface area contributed by atoms with Crippen LogP contribution in [0.15, 0.2) is 54.6 Å². The van der Waals surface area contributed by atoms with Crippen LogP contribution in [0.25, 0.3) is 0 Å². The molecule has 0 saturated carbocycles. The van der Waals surface area contributed by atoms with Crippen molar-refractivity contribution in [2.75, 3.05) is 0 Å². The summed E-state index contributed by atoms with van der Waals surface area (Å²) in [5.74, 6) is 0.501. The van der Waals surface area contributed by atoms with E-state index >= 15 is 0 Å². The molecule has 2 N–H and O–H groups in total. The number of nitrogens with one attached hydrogen (secondary N) is 1. The van der Waals surface area contributed by atoms with Crippen LogP contribution in [-0.4, -0.2) is 11.1 Å². The summed E-state index contributed by atoms with van der Waals surface area (Å²) in [5, 5.41) is 8.64. The molecule has 19 heavy (non-hydrogen) atoms. The minimum Gasteiger partial charge on any atom is -0.457 e. The van der Waals surface area contributed by atoms with Crippen LogP contribution in [0.2, 0.25) is 0 Å². The number of benzene rings is 2. The molecule has 2 aromatic carbocycles. The first-order valence-corrected chi connectivity index (χ1v) is 5.97. The van der Waals surface area contributed by atoms with E-state index in [4.69, 9.17) is 9.94 Å². The second-order valence-corrected chi connectivity index (χ2v) is 4.19. The molecule has 98 valence electrons. The molecular weight excluding hydrogens is 242 g/mol. The zero-order valence-electron chi connectivity index (χ0n) is 10.5. The van der Waals surface area contributed by atoms with Crippen LogP contribution in [-0.2, 0) is 4.79 Å². The Morgan fingerprint density at radius 1 is 1.11 bits per heavy atom. The van der Waals surface area contributed by atoms with Crippen molar-refractivity contribution in [3.05, 3.63) is 60.2 Å². The number of para-hydroxylation sites is 1. The first kappa shape index (κ1) is 13.1. The van der Waals surface area contributed by atoms with E-state index in [1.165, 1.54) is 0 Å². The molecule has 2 rings (SSSR count). The number of amides is 1. The average molecular weight is 257 g/mol. The van der Waals surface area contributed by atoms with E-state index in [0.717, 1.165) is 11.3 Å². The zero-order valence-corrected chi connectivity index (χ0v) is 10.5. The van der Waals surface area contributed by atoms with Crippen LogP contribution in [0.1, 0.15) is 18.4 Å². The Labute approximate surface area is 111 Å². The molecule has 0 aliphatic carbocycles. The van der Waals surface area contributed by atoms with E-state index in [2.05, 4.69) is 0 Å². The number of carbonyl (C=O) groups is 1. The van der Waals surface area contributed by atoms with E-state index in [0.29, 0.717) is 5.75 Å². The highest BCUT2D eigenvalue weighted by molar-refractivity contribution is 5.82.